The van der Waals surface area contributed by atoms with Crippen LogP contribution in [0.3, 0.4) is 0 Å². The first-order valence-electron chi connectivity index (χ1n) is 5.76. The lowest BCUT2D eigenvalue weighted by molar-refractivity contribution is 0.0632. The van der Waals surface area contributed by atoms with E-state index in [1.807, 2.05) is 0 Å². The summed E-state index contributed by atoms with van der Waals surface area (Å²) in [5, 5.41) is 4.54. The van der Waals surface area contributed by atoms with E-state index in [0.717, 1.165) is 12.8 Å². The van der Waals surface area contributed by atoms with E-state index < -0.39 is 21.4 Å². The van der Waals surface area contributed by atoms with E-state index in [1.54, 1.807) is 6.08 Å². The Kier molecular flexibility index (Phi) is 5.58. The largest absolute Gasteiger partial charge is 0.380 e. The Morgan fingerprint density at radius 3 is 2.76 bits per heavy atom. The summed E-state index contributed by atoms with van der Waals surface area (Å²) < 4.78 is 33.9. The number of primary sulfonamides is 1. The van der Waals surface area contributed by atoms with Gasteiger partial charge in [-0.3, -0.25) is 0 Å². The minimum Gasteiger partial charge on any atom is -0.380 e. The molecule has 0 saturated carbocycles. The fourth-order valence-electron chi connectivity index (χ4n) is 2.15. The fraction of sp³-hybridized carbons (Fsp3) is 0.818. The van der Waals surface area contributed by atoms with E-state index in [9.17, 15) is 8.42 Å². The SMILES string of the molecule is C=CC[C@H](OC)[C@@H](C[C@H]1CCCO1)S(N)(=O)=O. The fourth-order valence-corrected chi connectivity index (χ4v) is 3.28. The second-order valence-electron chi connectivity index (χ2n) is 4.30. The summed E-state index contributed by atoms with van der Waals surface area (Å²) >= 11 is 0. The van der Waals surface area contributed by atoms with Crippen LogP contribution in [0.5, 0.6) is 0 Å². The number of ether oxygens (including phenoxy) is 2. The van der Waals surface area contributed by atoms with Gasteiger partial charge in [0.25, 0.3) is 0 Å². The van der Waals surface area contributed by atoms with Crippen LogP contribution in [0.4, 0.5) is 0 Å². The molecule has 1 aliphatic rings. The van der Waals surface area contributed by atoms with Gasteiger partial charge in [0.2, 0.25) is 10.0 Å². The third-order valence-corrected chi connectivity index (χ3v) is 4.40. The van der Waals surface area contributed by atoms with Crippen LogP contribution in [-0.4, -0.2) is 39.6 Å². The van der Waals surface area contributed by atoms with Gasteiger partial charge in [0.15, 0.2) is 0 Å². The van der Waals surface area contributed by atoms with Gasteiger partial charge in [-0.25, -0.2) is 13.6 Å². The van der Waals surface area contributed by atoms with Crippen molar-refractivity contribution in [2.75, 3.05) is 13.7 Å². The smallest absolute Gasteiger partial charge is 0.214 e. The van der Waals surface area contributed by atoms with E-state index in [2.05, 4.69) is 6.58 Å². The molecule has 1 fully saturated rings. The molecule has 0 aromatic rings. The van der Waals surface area contributed by atoms with Crippen LogP contribution in [-0.2, 0) is 19.5 Å². The van der Waals surface area contributed by atoms with Crippen LogP contribution in [0, 0.1) is 0 Å². The third kappa shape index (κ3) is 4.39. The number of hydrogen-bond donors (Lipinski definition) is 1. The van der Waals surface area contributed by atoms with Crippen molar-refractivity contribution in [2.45, 2.75) is 43.1 Å². The van der Waals surface area contributed by atoms with Crippen molar-refractivity contribution in [3.63, 3.8) is 0 Å². The van der Waals surface area contributed by atoms with E-state index in [0.29, 0.717) is 19.4 Å². The Bertz CT molecular complexity index is 335. The predicted octanol–water partition coefficient (Wildman–Crippen LogP) is 0.804. The molecule has 17 heavy (non-hydrogen) atoms. The summed E-state index contributed by atoms with van der Waals surface area (Å²) in [5.74, 6) is 0. The summed E-state index contributed by atoms with van der Waals surface area (Å²) in [5.41, 5.74) is 0. The molecule has 0 amide bonds. The standard InChI is InChI=1S/C11H21NO4S/c1-3-5-10(15-2)11(17(12,13)14)8-9-6-4-7-16-9/h3,9-11H,1,4-8H2,2H3,(H2,12,13,14)/t9-,10+,11-/m1/s1. The molecule has 1 rings (SSSR count). The van der Waals surface area contributed by atoms with E-state index in [4.69, 9.17) is 14.6 Å². The molecule has 1 saturated heterocycles. The minimum atomic E-state index is -3.64. The molecular formula is C11H21NO4S. The highest BCUT2D eigenvalue weighted by Crippen LogP contribution is 2.23. The molecule has 3 atom stereocenters. The lowest BCUT2D eigenvalue weighted by atomic mass is 10.0. The molecule has 0 radical (unpaired) electrons. The average Bonchev–Trinajstić information content (AvgIpc) is 2.74. The second kappa shape index (κ2) is 6.49. The number of rotatable bonds is 7. The molecule has 1 aliphatic heterocycles. The summed E-state index contributed by atoms with van der Waals surface area (Å²) in [4.78, 5) is 0. The quantitative estimate of drug-likeness (QED) is 0.689. The van der Waals surface area contributed by atoms with Crippen molar-refractivity contribution >= 4 is 10.0 Å². The Balaban J connectivity index is 2.74. The molecule has 0 spiro atoms. The van der Waals surface area contributed by atoms with Crippen LogP contribution in [0.1, 0.15) is 25.7 Å². The van der Waals surface area contributed by atoms with Crippen molar-refractivity contribution in [1.82, 2.24) is 0 Å². The lowest BCUT2D eigenvalue weighted by Gasteiger charge is -2.25. The van der Waals surface area contributed by atoms with Crippen molar-refractivity contribution in [1.29, 1.82) is 0 Å². The van der Waals surface area contributed by atoms with Gasteiger partial charge in [0, 0.05) is 13.7 Å². The van der Waals surface area contributed by atoms with Crippen LogP contribution < -0.4 is 5.14 Å². The number of sulfonamides is 1. The lowest BCUT2D eigenvalue weighted by Crippen LogP contribution is -2.41. The van der Waals surface area contributed by atoms with Gasteiger partial charge in [0.05, 0.1) is 12.2 Å². The summed E-state index contributed by atoms with van der Waals surface area (Å²) in [6, 6.07) is 0. The van der Waals surface area contributed by atoms with E-state index in [-0.39, 0.29) is 6.10 Å². The number of methoxy groups -OCH3 is 1. The molecule has 0 unspecified atom stereocenters. The molecule has 100 valence electrons. The van der Waals surface area contributed by atoms with E-state index >= 15 is 0 Å². The second-order valence-corrected chi connectivity index (χ2v) is 6.08. The summed E-state index contributed by atoms with van der Waals surface area (Å²) in [6.07, 6.45) is 3.88. The molecule has 1 heterocycles. The predicted molar refractivity (Wildman–Crippen MR) is 66.1 cm³/mol. The van der Waals surface area contributed by atoms with Gasteiger partial charge in [-0.15, -0.1) is 6.58 Å². The van der Waals surface area contributed by atoms with Gasteiger partial charge in [0.1, 0.15) is 5.25 Å². The van der Waals surface area contributed by atoms with Gasteiger partial charge in [-0.1, -0.05) is 6.08 Å². The minimum absolute atomic E-state index is 0.0270. The summed E-state index contributed by atoms with van der Waals surface area (Å²) in [7, 11) is -2.15. The Hall–Kier alpha value is -0.430. The first-order valence-corrected chi connectivity index (χ1v) is 7.37. The molecule has 6 heteroatoms. The Morgan fingerprint density at radius 1 is 1.65 bits per heavy atom. The van der Waals surface area contributed by atoms with E-state index in [1.165, 1.54) is 7.11 Å². The first-order chi connectivity index (χ1) is 7.99. The average molecular weight is 263 g/mol. The summed E-state index contributed by atoms with van der Waals surface area (Å²) in [6.45, 7) is 4.29. The normalized spacial score (nSPS) is 24.5. The van der Waals surface area contributed by atoms with Gasteiger partial charge >= 0.3 is 0 Å². The zero-order valence-electron chi connectivity index (χ0n) is 10.2. The molecule has 0 aliphatic carbocycles. The topological polar surface area (TPSA) is 78.6 Å². The first kappa shape index (κ1) is 14.6. The van der Waals surface area contributed by atoms with Crippen molar-refractivity contribution in [2.24, 2.45) is 5.14 Å². The molecular weight excluding hydrogens is 242 g/mol. The zero-order chi connectivity index (χ0) is 12.9. The Labute approximate surface area is 103 Å². The van der Waals surface area contributed by atoms with Crippen molar-refractivity contribution in [3.8, 4) is 0 Å². The van der Waals surface area contributed by atoms with Crippen LogP contribution in [0.2, 0.25) is 0 Å². The number of nitrogens with two attached hydrogens (primary N) is 1. The van der Waals surface area contributed by atoms with Crippen molar-refractivity contribution in [3.05, 3.63) is 12.7 Å². The van der Waals surface area contributed by atoms with Gasteiger partial charge in [-0.2, -0.15) is 0 Å². The molecule has 2 N–H and O–H groups in total. The van der Waals surface area contributed by atoms with Crippen LogP contribution in [0.25, 0.3) is 0 Å². The molecule has 0 aromatic heterocycles. The van der Waals surface area contributed by atoms with Crippen LogP contribution in [0.15, 0.2) is 12.7 Å². The molecule has 5 nitrogen and oxygen atoms in total. The Morgan fingerprint density at radius 2 is 2.35 bits per heavy atom. The maximum atomic E-state index is 11.6. The number of hydrogen-bond acceptors (Lipinski definition) is 4. The highest BCUT2D eigenvalue weighted by molar-refractivity contribution is 7.89. The third-order valence-electron chi connectivity index (χ3n) is 3.06. The highest BCUT2D eigenvalue weighted by atomic mass is 32.2. The van der Waals surface area contributed by atoms with Crippen molar-refractivity contribution < 1.29 is 17.9 Å². The highest BCUT2D eigenvalue weighted by Gasteiger charge is 2.34. The maximum Gasteiger partial charge on any atom is 0.214 e. The van der Waals surface area contributed by atoms with Gasteiger partial charge in [-0.05, 0) is 25.7 Å². The maximum absolute atomic E-state index is 11.6. The molecule has 0 aromatic carbocycles. The molecule has 0 bridgehead atoms. The van der Waals surface area contributed by atoms with Gasteiger partial charge < -0.3 is 9.47 Å². The van der Waals surface area contributed by atoms with Crippen LogP contribution >= 0.6 is 0 Å². The zero-order valence-corrected chi connectivity index (χ0v) is 11.0. The monoisotopic (exact) mass is 263 g/mol.